The molecule has 2 fully saturated rings. The molecule has 1 heterocycles. The van der Waals surface area contributed by atoms with Crippen LogP contribution in [0.2, 0.25) is 0 Å². The smallest absolute Gasteiger partial charge is 0.0192 e. The van der Waals surface area contributed by atoms with Gasteiger partial charge in [0.25, 0.3) is 0 Å². The summed E-state index contributed by atoms with van der Waals surface area (Å²) in [6.45, 7) is 3.66. The van der Waals surface area contributed by atoms with E-state index in [9.17, 15) is 0 Å². The van der Waals surface area contributed by atoms with E-state index in [2.05, 4.69) is 10.6 Å². The van der Waals surface area contributed by atoms with Crippen LogP contribution in [-0.4, -0.2) is 25.7 Å². The van der Waals surface area contributed by atoms with Crippen LogP contribution in [0, 0.1) is 5.92 Å². The van der Waals surface area contributed by atoms with Gasteiger partial charge in [-0.2, -0.15) is 0 Å². The van der Waals surface area contributed by atoms with Crippen LogP contribution < -0.4 is 10.6 Å². The standard InChI is InChI=1S/C12H24N2/c1-2-5-11(4-1)7-9-14-12-6-3-8-13-10-12/h11-14H,1-10H2. The van der Waals surface area contributed by atoms with Crippen LogP contribution in [0.15, 0.2) is 0 Å². The normalized spacial score (nSPS) is 29.6. The molecule has 1 atom stereocenters. The summed E-state index contributed by atoms with van der Waals surface area (Å²) in [6.07, 6.45) is 10.1. The maximum absolute atomic E-state index is 3.69. The van der Waals surface area contributed by atoms with Crippen molar-refractivity contribution >= 4 is 0 Å². The van der Waals surface area contributed by atoms with Crippen LogP contribution in [0.25, 0.3) is 0 Å². The molecule has 2 heteroatoms. The van der Waals surface area contributed by atoms with Crippen LogP contribution in [0.3, 0.4) is 0 Å². The van der Waals surface area contributed by atoms with E-state index in [1.54, 1.807) is 0 Å². The fourth-order valence-corrected chi connectivity index (χ4v) is 2.82. The Kier molecular flexibility index (Phi) is 4.26. The molecule has 2 N–H and O–H groups in total. The van der Waals surface area contributed by atoms with Crippen LogP contribution in [-0.2, 0) is 0 Å². The Labute approximate surface area is 87.8 Å². The van der Waals surface area contributed by atoms with Gasteiger partial charge in [0.05, 0.1) is 0 Å². The zero-order chi connectivity index (χ0) is 9.64. The van der Waals surface area contributed by atoms with Gasteiger partial charge in [-0.25, -0.2) is 0 Å². The number of rotatable bonds is 4. The van der Waals surface area contributed by atoms with Crippen molar-refractivity contribution in [3.05, 3.63) is 0 Å². The fraction of sp³-hybridized carbons (Fsp3) is 1.00. The highest BCUT2D eigenvalue weighted by molar-refractivity contribution is 4.76. The molecule has 1 unspecified atom stereocenters. The zero-order valence-electron chi connectivity index (χ0n) is 9.23. The Morgan fingerprint density at radius 1 is 1.07 bits per heavy atom. The van der Waals surface area contributed by atoms with E-state index >= 15 is 0 Å². The third-order valence-corrected chi connectivity index (χ3v) is 3.76. The molecular formula is C12H24N2. The van der Waals surface area contributed by atoms with E-state index < -0.39 is 0 Å². The van der Waals surface area contributed by atoms with Crippen molar-refractivity contribution in [2.75, 3.05) is 19.6 Å². The van der Waals surface area contributed by atoms with E-state index in [0.29, 0.717) is 0 Å². The number of nitrogens with one attached hydrogen (secondary N) is 2. The lowest BCUT2D eigenvalue weighted by Crippen LogP contribution is -2.43. The van der Waals surface area contributed by atoms with Crippen molar-refractivity contribution in [2.24, 2.45) is 5.92 Å². The number of hydrogen-bond acceptors (Lipinski definition) is 2. The number of piperidine rings is 1. The first kappa shape index (κ1) is 10.4. The minimum absolute atomic E-state index is 0.755. The molecule has 0 aromatic heterocycles. The second-order valence-electron chi connectivity index (χ2n) is 4.94. The molecule has 0 aromatic rings. The largest absolute Gasteiger partial charge is 0.315 e. The van der Waals surface area contributed by atoms with Crippen LogP contribution in [0.4, 0.5) is 0 Å². The maximum atomic E-state index is 3.69. The quantitative estimate of drug-likeness (QED) is 0.717. The minimum Gasteiger partial charge on any atom is -0.315 e. The van der Waals surface area contributed by atoms with Crippen LogP contribution in [0.5, 0.6) is 0 Å². The van der Waals surface area contributed by atoms with Crippen molar-refractivity contribution in [2.45, 2.75) is 51.0 Å². The molecule has 2 rings (SSSR count). The van der Waals surface area contributed by atoms with Crippen molar-refractivity contribution in [1.82, 2.24) is 10.6 Å². The summed E-state index contributed by atoms with van der Waals surface area (Å²) < 4.78 is 0. The van der Waals surface area contributed by atoms with E-state index in [-0.39, 0.29) is 0 Å². The van der Waals surface area contributed by atoms with Crippen LogP contribution >= 0.6 is 0 Å². The van der Waals surface area contributed by atoms with Gasteiger partial charge >= 0.3 is 0 Å². The molecule has 0 bridgehead atoms. The van der Waals surface area contributed by atoms with Gasteiger partial charge in [-0.15, -0.1) is 0 Å². The molecule has 0 spiro atoms. The lowest BCUT2D eigenvalue weighted by Gasteiger charge is -2.24. The molecule has 1 aliphatic heterocycles. The van der Waals surface area contributed by atoms with Crippen LogP contribution in [0.1, 0.15) is 44.9 Å². The highest BCUT2D eigenvalue weighted by atomic mass is 15.0. The van der Waals surface area contributed by atoms with Crippen molar-refractivity contribution in [3.63, 3.8) is 0 Å². The Bertz CT molecular complexity index is 146. The molecular weight excluding hydrogens is 172 g/mol. The van der Waals surface area contributed by atoms with Gasteiger partial charge in [0.2, 0.25) is 0 Å². The summed E-state index contributed by atoms with van der Waals surface area (Å²) in [5.41, 5.74) is 0. The molecule has 1 aliphatic carbocycles. The Balaban J connectivity index is 1.52. The molecule has 82 valence electrons. The summed E-state index contributed by atoms with van der Waals surface area (Å²) >= 11 is 0. The summed E-state index contributed by atoms with van der Waals surface area (Å²) in [7, 11) is 0. The number of hydrogen-bond donors (Lipinski definition) is 2. The Hall–Kier alpha value is -0.0800. The first-order valence-corrected chi connectivity index (χ1v) is 6.39. The molecule has 2 aliphatic rings. The molecule has 2 nitrogen and oxygen atoms in total. The zero-order valence-corrected chi connectivity index (χ0v) is 9.23. The SMILES string of the molecule is C1CCC(CCNC2CCCNC2)C1. The van der Waals surface area contributed by atoms with E-state index in [1.807, 2.05) is 0 Å². The molecule has 1 saturated heterocycles. The second-order valence-corrected chi connectivity index (χ2v) is 4.94. The first-order chi connectivity index (χ1) is 6.95. The highest BCUT2D eigenvalue weighted by Crippen LogP contribution is 2.26. The van der Waals surface area contributed by atoms with Gasteiger partial charge in [0.1, 0.15) is 0 Å². The predicted octanol–water partition coefficient (Wildman–Crippen LogP) is 1.91. The maximum Gasteiger partial charge on any atom is 0.0192 e. The first-order valence-electron chi connectivity index (χ1n) is 6.39. The van der Waals surface area contributed by atoms with E-state index in [0.717, 1.165) is 12.0 Å². The molecule has 1 saturated carbocycles. The summed E-state index contributed by atoms with van der Waals surface area (Å²) in [5.74, 6) is 1.04. The third-order valence-electron chi connectivity index (χ3n) is 3.76. The third kappa shape index (κ3) is 3.25. The Morgan fingerprint density at radius 2 is 1.93 bits per heavy atom. The lowest BCUT2D eigenvalue weighted by molar-refractivity contribution is 0.371. The second kappa shape index (κ2) is 5.72. The molecule has 14 heavy (non-hydrogen) atoms. The topological polar surface area (TPSA) is 24.1 Å². The summed E-state index contributed by atoms with van der Waals surface area (Å²) in [5, 5.41) is 7.14. The average Bonchev–Trinajstić information content (AvgIpc) is 2.72. The molecule has 0 radical (unpaired) electrons. The fourth-order valence-electron chi connectivity index (χ4n) is 2.82. The van der Waals surface area contributed by atoms with Gasteiger partial charge in [0.15, 0.2) is 0 Å². The van der Waals surface area contributed by atoms with Gasteiger partial charge in [-0.1, -0.05) is 25.7 Å². The highest BCUT2D eigenvalue weighted by Gasteiger charge is 2.16. The van der Waals surface area contributed by atoms with E-state index in [4.69, 9.17) is 0 Å². The van der Waals surface area contributed by atoms with Crippen molar-refractivity contribution < 1.29 is 0 Å². The Morgan fingerprint density at radius 3 is 2.64 bits per heavy atom. The lowest BCUT2D eigenvalue weighted by atomic mass is 10.0. The average molecular weight is 196 g/mol. The molecule has 0 aromatic carbocycles. The van der Waals surface area contributed by atoms with Gasteiger partial charge in [0, 0.05) is 12.6 Å². The molecule has 0 amide bonds. The van der Waals surface area contributed by atoms with Gasteiger partial charge < -0.3 is 10.6 Å². The summed E-state index contributed by atoms with van der Waals surface area (Å²) in [6, 6.07) is 0.755. The predicted molar refractivity (Wildman–Crippen MR) is 60.5 cm³/mol. The van der Waals surface area contributed by atoms with Gasteiger partial charge in [-0.3, -0.25) is 0 Å². The van der Waals surface area contributed by atoms with Gasteiger partial charge in [-0.05, 0) is 38.3 Å². The minimum atomic E-state index is 0.755. The summed E-state index contributed by atoms with van der Waals surface area (Å²) in [4.78, 5) is 0. The van der Waals surface area contributed by atoms with Crippen molar-refractivity contribution in [3.8, 4) is 0 Å². The van der Waals surface area contributed by atoms with Crippen molar-refractivity contribution in [1.29, 1.82) is 0 Å². The monoisotopic (exact) mass is 196 g/mol. The van der Waals surface area contributed by atoms with E-state index in [1.165, 1.54) is 64.6 Å².